The Hall–Kier alpha value is -1.88. The Kier molecular flexibility index (Phi) is 4.96. The highest BCUT2D eigenvalue weighted by Crippen LogP contribution is 2.18. The van der Waals surface area contributed by atoms with Crippen LogP contribution in [-0.4, -0.2) is 14.9 Å². The molecular formula is C16H22N4S. The van der Waals surface area contributed by atoms with Crippen molar-refractivity contribution in [3.63, 3.8) is 0 Å². The largest absolute Gasteiger partial charge is 0.354 e. The van der Waals surface area contributed by atoms with Crippen LogP contribution in [0.15, 0.2) is 30.5 Å². The summed E-state index contributed by atoms with van der Waals surface area (Å²) in [7, 11) is 0. The number of aryl methyl sites for hydroxylation is 2. The van der Waals surface area contributed by atoms with Crippen LogP contribution in [0.25, 0.3) is 0 Å². The average molecular weight is 302 g/mol. The van der Waals surface area contributed by atoms with Crippen LogP contribution >= 0.6 is 12.2 Å². The summed E-state index contributed by atoms with van der Waals surface area (Å²) in [5.74, 6) is 0. The summed E-state index contributed by atoms with van der Waals surface area (Å²) in [6.07, 6.45) is 1.98. The molecule has 21 heavy (non-hydrogen) atoms. The molecule has 0 spiro atoms. The van der Waals surface area contributed by atoms with Crippen molar-refractivity contribution in [3.05, 3.63) is 47.3 Å². The standard InChI is InChI=1S/C16H22N4S/c1-5-20-10-9-15(19-20)13(4)17-16(21)18-14-8-6-7-11(2)12(14)3/h6-10,13H,5H2,1-4H3,(H2,17,18,21). The number of nitrogens with zero attached hydrogens (tertiary/aromatic N) is 2. The fourth-order valence-corrected chi connectivity index (χ4v) is 2.39. The van der Waals surface area contributed by atoms with E-state index in [1.807, 2.05) is 29.1 Å². The van der Waals surface area contributed by atoms with Gasteiger partial charge < -0.3 is 10.6 Å². The number of nitrogens with one attached hydrogen (secondary N) is 2. The number of thiocarbonyl (C=S) groups is 1. The van der Waals surface area contributed by atoms with Crippen molar-refractivity contribution in [2.75, 3.05) is 5.32 Å². The van der Waals surface area contributed by atoms with Gasteiger partial charge in [0.2, 0.25) is 0 Å². The molecule has 1 aromatic heterocycles. The van der Waals surface area contributed by atoms with Gasteiger partial charge in [-0.1, -0.05) is 12.1 Å². The summed E-state index contributed by atoms with van der Waals surface area (Å²) in [5.41, 5.74) is 4.49. The van der Waals surface area contributed by atoms with E-state index in [0.717, 1.165) is 17.9 Å². The summed E-state index contributed by atoms with van der Waals surface area (Å²) in [4.78, 5) is 0. The molecular weight excluding hydrogens is 280 g/mol. The summed E-state index contributed by atoms with van der Waals surface area (Å²) in [6.45, 7) is 9.18. The smallest absolute Gasteiger partial charge is 0.171 e. The van der Waals surface area contributed by atoms with Crippen LogP contribution in [0.5, 0.6) is 0 Å². The van der Waals surface area contributed by atoms with Gasteiger partial charge in [0, 0.05) is 18.4 Å². The van der Waals surface area contributed by atoms with Crippen molar-refractivity contribution in [3.8, 4) is 0 Å². The van der Waals surface area contributed by atoms with E-state index in [1.54, 1.807) is 0 Å². The molecule has 1 heterocycles. The number of benzene rings is 1. The van der Waals surface area contributed by atoms with E-state index in [1.165, 1.54) is 11.1 Å². The minimum Gasteiger partial charge on any atom is -0.354 e. The number of aromatic nitrogens is 2. The van der Waals surface area contributed by atoms with E-state index in [-0.39, 0.29) is 6.04 Å². The quantitative estimate of drug-likeness (QED) is 0.847. The van der Waals surface area contributed by atoms with Gasteiger partial charge in [0.05, 0.1) is 11.7 Å². The van der Waals surface area contributed by atoms with Gasteiger partial charge in [-0.2, -0.15) is 5.10 Å². The zero-order chi connectivity index (χ0) is 15.4. The summed E-state index contributed by atoms with van der Waals surface area (Å²) in [6, 6.07) is 8.24. The zero-order valence-electron chi connectivity index (χ0n) is 13.0. The van der Waals surface area contributed by atoms with Crippen molar-refractivity contribution in [1.82, 2.24) is 15.1 Å². The molecule has 4 nitrogen and oxygen atoms in total. The van der Waals surface area contributed by atoms with E-state index in [2.05, 4.69) is 49.5 Å². The van der Waals surface area contributed by atoms with E-state index < -0.39 is 0 Å². The molecule has 0 saturated heterocycles. The highest BCUT2D eigenvalue weighted by molar-refractivity contribution is 7.80. The lowest BCUT2D eigenvalue weighted by Gasteiger charge is -2.17. The van der Waals surface area contributed by atoms with E-state index >= 15 is 0 Å². The third-order valence-electron chi connectivity index (χ3n) is 3.63. The maximum Gasteiger partial charge on any atom is 0.171 e. The Balaban J connectivity index is 1.99. The molecule has 0 bridgehead atoms. The maximum absolute atomic E-state index is 5.39. The SMILES string of the molecule is CCn1ccc(C(C)NC(=S)Nc2cccc(C)c2C)n1. The molecule has 1 atom stereocenters. The second-order valence-electron chi connectivity index (χ2n) is 5.16. The van der Waals surface area contributed by atoms with Gasteiger partial charge in [0.25, 0.3) is 0 Å². The Morgan fingerprint density at radius 1 is 1.33 bits per heavy atom. The normalized spacial score (nSPS) is 12.0. The van der Waals surface area contributed by atoms with Gasteiger partial charge >= 0.3 is 0 Å². The molecule has 0 fully saturated rings. The third kappa shape index (κ3) is 3.82. The molecule has 0 radical (unpaired) electrons. The first kappa shape index (κ1) is 15.5. The van der Waals surface area contributed by atoms with Crippen molar-refractivity contribution in [2.24, 2.45) is 0 Å². The van der Waals surface area contributed by atoms with E-state index in [0.29, 0.717) is 5.11 Å². The fraction of sp³-hybridized carbons (Fsp3) is 0.375. The molecule has 0 saturated carbocycles. The highest BCUT2D eigenvalue weighted by atomic mass is 32.1. The minimum atomic E-state index is 0.0721. The first-order chi connectivity index (χ1) is 10.0. The van der Waals surface area contributed by atoms with Gasteiger partial charge in [-0.05, 0) is 63.2 Å². The lowest BCUT2D eigenvalue weighted by molar-refractivity contribution is 0.613. The predicted molar refractivity (Wildman–Crippen MR) is 91.6 cm³/mol. The maximum atomic E-state index is 5.39. The van der Waals surface area contributed by atoms with Crippen LogP contribution in [0.3, 0.4) is 0 Å². The van der Waals surface area contributed by atoms with Crippen LogP contribution in [0.2, 0.25) is 0 Å². The van der Waals surface area contributed by atoms with Crippen molar-refractivity contribution >= 4 is 23.0 Å². The van der Waals surface area contributed by atoms with Gasteiger partial charge in [-0.15, -0.1) is 0 Å². The molecule has 2 N–H and O–H groups in total. The fourth-order valence-electron chi connectivity index (χ4n) is 2.10. The molecule has 1 aromatic carbocycles. The van der Waals surface area contributed by atoms with E-state index in [4.69, 9.17) is 12.2 Å². The monoisotopic (exact) mass is 302 g/mol. The second-order valence-corrected chi connectivity index (χ2v) is 5.57. The number of anilines is 1. The second kappa shape index (κ2) is 6.72. The molecule has 0 aliphatic rings. The molecule has 0 aliphatic heterocycles. The zero-order valence-corrected chi connectivity index (χ0v) is 13.8. The van der Waals surface area contributed by atoms with Crippen molar-refractivity contribution in [1.29, 1.82) is 0 Å². The predicted octanol–water partition coefficient (Wildman–Crippen LogP) is 3.57. The molecule has 2 rings (SSSR count). The highest BCUT2D eigenvalue weighted by Gasteiger charge is 2.11. The minimum absolute atomic E-state index is 0.0721. The van der Waals surface area contributed by atoms with Crippen LogP contribution in [0.1, 0.15) is 36.7 Å². The van der Waals surface area contributed by atoms with E-state index in [9.17, 15) is 0 Å². The number of hydrogen-bond acceptors (Lipinski definition) is 2. The van der Waals surface area contributed by atoms with Gasteiger partial charge in [0.15, 0.2) is 5.11 Å². The van der Waals surface area contributed by atoms with Crippen LogP contribution in [-0.2, 0) is 6.54 Å². The Morgan fingerprint density at radius 3 is 2.76 bits per heavy atom. The molecule has 5 heteroatoms. The molecule has 0 amide bonds. The summed E-state index contributed by atoms with van der Waals surface area (Å²) in [5, 5.41) is 11.6. The van der Waals surface area contributed by atoms with Gasteiger partial charge in [0.1, 0.15) is 0 Å². The summed E-state index contributed by atoms with van der Waals surface area (Å²) >= 11 is 5.39. The molecule has 2 aromatic rings. The van der Waals surface area contributed by atoms with Crippen LogP contribution in [0, 0.1) is 13.8 Å². The Labute approximate surface area is 131 Å². The lowest BCUT2D eigenvalue weighted by atomic mass is 10.1. The first-order valence-electron chi connectivity index (χ1n) is 7.18. The lowest BCUT2D eigenvalue weighted by Crippen LogP contribution is -2.31. The summed E-state index contributed by atoms with van der Waals surface area (Å²) < 4.78 is 1.91. The van der Waals surface area contributed by atoms with Crippen molar-refractivity contribution in [2.45, 2.75) is 40.3 Å². The third-order valence-corrected chi connectivity index (χ3v) is 3.85. The van der Waals surface area contributed by atoms with Gasteiger partial charge in [-0.3, -0.25) is 4.68 Å². The first-order valence-corrected chi connectivity index (χ1v) is 7.59. The topological polar surface area (TPSA) is 41.9 Å². The molecule has 0 aliphatic carbocycles. The molecule has 112 valence electrons. The van der Waals surface area contributed by atoms with Crippen molar-refractivity contribution < 1.29 is 0 Å². The van der Waals surface area contributed by atoms with Gasteiger partial charge in [-0.25, -0.2) is 0 Å². The van der Waals surface area contributed by atoms with Crippen LogP contribution < -0.4 is 10.6 Å². The number of rotatable bonds is 4. The Bertz CT molecular complexity index is 633. The number of hydrogen-bond donors (Lipinski definition) is 2. The van der Waals surface area contributed by atoms with Crippen LogP contribution in [0.4, 0.5) is 5.69 Å². The molecule has 1 unspecified atom stereocenters. The average Bonchev–Trinajstić information content (AvgIpc) is 2.93. The Morgan fingerprint density at radius 2 is 2.10 bits per heavy atom.